The summed E-state index contributed by atoms with van der Waals surface area (Å²) in [6.45, 7) is 6.09. The standard InChI is InChI=1S/C15H13N3O2.C3H8/c1-9-12-7-10(3-5-13(12)17-15(19)20-9)14-6-4-11(8-16)18(14)2;1-3-2/h3-7,9H,1-2H3,(H,17,19);3H2,1-2H3. The van der Waals surface area contributed by atoms with Crippen LogP contribution in [0, 0.1) is 11.3 Å². The highest BCUT2D eigenvalue weighted by atomic mass is 16.6. The van der Waals surface area contributed by atoms with Crippen molar-refractivity contribution < 1.29 is 9.53 Å². The molecule has 0 spiro atoms. The van der Waals surface area contributed by atoms with E-state index in [9.17, 15) is 4.79 Å². The topological polar surface area (TPSA) is 67.0 Å². The second kappa shape index (κ2) is 7.01. The maximum Gasteiger partial charge on any atom is 0.412 e. The van der Waals surface area contributed by atoms with Gasteiger partial charge in [0, 0.05) is 18.3 Å². The predicted octanol–water partition coefficient (Wildman–Crippen LogP) is 4.60. The van der Waals surface area contributed by atoms with Crippen LogP contribution >= 0.6 is 0 Å². The maximum atomic E-state index is 11.3. The fourth-order valence-electron chi connectivity index (χ4n) is 2.45. The second-order valence-electron chi connectivity index (χ2n) is 5.46. The van der Waals surface area contributed by atoms with E-state index in [0.717, 1.165) is 22.5 Å². The first-order chi connectivity index (χ1) is 11.0. The predicted molar refractivity (Wildman–Crippen MR) is 90.0 cm³/mol. The normalized spacial score (nSPS) is 15.4. The van der Waals surface area contributed by atoms with Crippen molar-refractivity contribution in [2.45, 2.75) is 33.3 Å². The van der Waals surface area contributed by atoms with E-state index in [1.165, 1.54) is 6.42 Å². The molecule has 3 rings (SSSR count). The van der Waals surface area contributed by atoms with Gasteiger partial charge in [-0.25, -0.2) is 4.79 Å². The summed E-state index contributed by atoms with van der Waals surface area (Å²) in [5, 5.41) is 11.7. The molecule has 1 aliphatic rings. The monoisotopic (exact) mass is 311 g/mol. The van der Waals surface area contributed by atoms with Crippen molar-refractivity contribution in [1.29, 1.82) is 5.26 Å². The van der Waals surface area contributed by atoms with E-state index < -0.39 is 6.09 Å². The molecular formula is C18H21N3O2. The first-order valence-corrected chi connectivity index (χ1v) is 7.69. The van der Waals surface area contributed by atoms with Crippen LogP contribution in [-0.4, -0.2) is 10.7 Å². The summed E-state index contributed by atoms with van der Waals surface area (Å²) >= 11 is 0. The van der Waals surface area contributed by atoms with Crippen LogP contribution in [0.5, 0.6) is 0 Å². The van der Waals surface area contributed by atoms with Crippen LogP contribution in [0.25, 0.3) is 11.3 Å². The summed E-state index contributed by atoms with van der Waals surface area (Å²) in [7, 11) is 1.86. The van der Waals surface area contributed by atoms with Crippen LogP contribution in [0.15, 0.2) is 30.3 Å². The van der Waals surface area contributed by atoms with Crippen LogP contribution in [0.4, 0.5) is 10.5 Å². The van der Waals surface area contributed by atoms with Crippen molar-refractivity contribution in [3.05, 3.63) is 41.6 Å². The van der Waals surface area contributed by atoms with Crippen LogP contribution in [0.3, 0.4) is 0 Å². The number of cyclic esters (lactones) is 1. The molecule has 1 aliphatic heterocycles. The Hall–Kier alpha value is -2.74. The van der Waals surface area contributed by atoms with Gasteiger partial charge in [-0.05, 0) is 36.8 Å². The van der Waals surface area contributed by atoms with Gasteiger partial charge in [0.2, 0.25) is 0 Å². The van der Waals surface area contributed by atoms with Gasteiger partial charge in [-0.3, -0.25) is 5.32 Å². The van der Waals surface area contributed by atoms with E-state index >= 15 is 0 Å². The number of ether oxygens (including phenoxy) is 1. The molecule has 120 valence electrons. The van der Waals surface area contributed by atoms with Crippen LogP contribution in [0.1, 0.15) is 44.6 Å². The molecule has 1 aromatic heterocycles. The average Bonchev–Trinajstić information content (AvgIpc) is 2.88. The Bertz CT molecular complexity index is 756. The number of hydrogen-bond acceptors (Lipinski definition) is 3. The van der Waals surface area contributed by atoms with Gasteiger partial charge in [-0.1, -0.05) is 26.3 Å². The van der Waals surface area contributed by atoms with Crippen molar-refractivity contribution in [1.82, 2.24) is 4.57 Å². The lowest BCUT2D eigenvalue weighted by Crippen LogP contribution is -2.23. The van der Waals surface area contributed by atoms with Crippen molar-refractivity contribution in [2.75, 3.05) is 5.32 Å². The molecule has 5 heteroatoms. The van der Waals surface area contributed by atoms with Gasteiger partial charge >= 0.3 is 6.09 Å². The van der Waals surface area contributed by atoms with E-state index in [1.807, 2.05) is 42.8 Å². The summed E-state index contributed by atoms with van der Waals surface area (Å²) < 4.78 is 6.99. The molecule has 1 amide bonds. The highest BCUT2D eigenvalue weighted by molar-refractivity contribution is 5.89. The Labute approximate surface area is 136 Å². The van der Waals surface area contributed by atoms with E-state index in [2.05, 4.69) is 25.2 Å². The Morgan fingerprint density at radius 2 is 2.00 bits per heavy atom. The SMILES string of the molecule is CC1OC(=O)Nc2ccc(-c3ccc(C#N)n3C)cc21.CCC. The minimum atomic E-state index is -0.427. The molecule has 0 bridgehead atoms. The zero-order chi connectivity index (χ0) is 17.0. The van der Waals surface area contributed by atoms with Crippen molar-refractivity contribution in [2.24, 2.45) is 7.05 Å². The third-order valence-electron chi connectivity index (χ3n) is 3.54. The Kier molecular flexibility index (Phi) is 5.07. The number of carbonyl (C=O) groups excluding carboxylic acids is 1. The van der Waals surface area contributed by atoms with E-state index in [0.29, 0.717) is 5.69 Å². The molecule has 23 heavy (non-hydrogen) atoms. The van der Waals surface area contributed by atoms with Gasteiger partial charge in [0.15, 0.2) is 0 Å². The van der Waals surface area contributed by atoms with Gasteiger partial charge in [0.1, 0.15) is 17.9 Å². The lowest BCUT2D eigenvalue weighted by atomic mass is 10.0. The fraction of sp³-hybridized carbons (Fsp3) is 0.333. The maximum absolute atomic E-state index is 11.3. The molecule has 0 saturated heterocycles. The molecule has 1 N–H and O–H groups in total. The quantitative estimate of drug-likeness (QED) is 0.836. The molecule has 0 fully saturated rings. The number of nitrogens with zero attached hydrogens (tertiary/aromatic N) is 2. The summed E-state index contributed by atoms with van der Waals surface area (Å²) in [5.74, 6) is 0. The first kappa shape index (κ1) is 16.6. The number of nitrogens with one attached hydrogen (secondary N) is 1. The molecule has 5 nitrogen and oxygen atoms in total. The second-order valence-corrected chi connectivity index (χ2v) is 5.46. The fourth-order valence-corrected chi connectivity index (χ4v) is 2.45. The molecule has 2 heterocycles. The van der Waals surface area contributed by atoms with Crippen LogP contribution in [-0.2, 0) is 11.8 Å². The third kappa shape index (κ3) is 3.37. The molecule has 2 aromatic rings. The molecular weight excluding hydrogens is 290 g/mol. The Morgan fingerprint density at radius 1 is 1.30 bits per heavy atom. The Balaban J connectivity index is 0.000000595. The number of benzene rings is 1. The van der Waals surface area contributed by atoms with Crippen molar-refractivity contribution >= 4 is 11.8 Å². The summed E-state index contributed by atoms with van der Waals surface area (Å²) in [6, 6.07) is 11.6. The molecule has 1 unspecified atom stereocenters. The molecule has 0 radical (unpaired) electrons. The number of fused-ring (bicyclic) bond motifs is 1. The van der Waals surface area contributed by atoms with Gasteiger partial charge in [0.05, 0.1) is 5.69 Å². The van der Waals surface area contributed by atoms with Crippen molar-refractivity contribution in [3.63, 3.8) is 0 Å². The molecule has 0 aliphatic carbocycles. The zero-order valence-corrected chi connectivity index (χ0v) is 13.9. The number of aromatic nitrogens is 1. The summed E-state index contributed by atoms with van der Waals surface area (Å²) in [4.78, 5) is 11.3. The third-order valence-corrected chi connectivity index (χ3v) is 3.54. The smallest absolute Gasteiger partial charge is 0.412 e. The van der Waals surface area contributed by atoms with E-state index in [1.54, 1.807) is 6.07 Å². The molecule has 1 aromatic carbocycles. The lowest BCUT2D eigenvalue weighted by Gasteiger charge is -2.24. The lowest BCUT2D eigenvalue weighted by molar-refractivity contribution is 0.116. The summed E-state index contributed by atoms with van der Waals surface area (Å²) in [5.41, 5.74) is 4.25. The van der Waals surface area contributed by atoms with Gasteiger partial charge < -0.3 is 9.30 Å². The molecule has 0 saturated carbocycles. The van der Waals surface area contributed by atoms with Crippen molar-refractivity contribution in [3.8, 4) is 17.3 Å². The van der Waals surface area contributed by atoms with Gasteiger partial charge in [-0.2, -0.15) is 5.26 Å². The largest absolute Gasteiger partial charge is 0.441 e. The number of rotatable bonds is 1. The number of hydrogen-bond donors (Lipinski definition) is 1. The number of anilines is 1. The number of nitriles is 1. The van der Waals surface area contributed by atoms with Gasteiger partial charge in [-0.15, -0.1) is 0 Å². The first-order valence-electron chi connectivity index (χ1n) is 7.69. The minimum absolute atomic E-state index is 0.283. The Morgan fingerprint density at radius 3 is 2.61 bits per heavy atom. The molecule has 1 atom stereocenters. The highest BCUT2D eigenvalue weighted by Crippen LogP contribution is 2.34. The number of carbonyl (C=O) groups is 1. The van der Waals surface area contributed by atoms with E-state index in [4.69, 9.17) is 10.00 Å². The minimum Gasteiger partial charge on any atom is -0.441 e. The van der Waals surface area contributed by atoms with Crippen LogP contribution < -0.4 is 5.32 Å². The summed E-state index contributed by atoms with van der Waals surface area (Å²) in [6.07, 6.45) is 0.540. The van der Waals surface area contributed by atoms with Crippen LogP contribution in [0.2, 0.25) is 0 Å². The number of amides is 1. The zero-order valence-electron chi connectivity index (χ0n) is 13.9. The highest BCUT2D eigenvalue weighted by Gasteiger charge is 2.23. The van der Waals surface area contributed by atoms with Gasteiger partial charge in [0.25, 0.3) is 0 Å². The average molecular weight is 311 g/mol. The van der Waals surface area contributed by atoms with E-state index in [-0.39, 0.29) is 6.10 Å².